The molecule has 1 saturated heterocycles. The second-order valence-electron chi connectivity index (χ2n) is 6.65. The van der Waals surface area contributed by atoms with Gasteiger partial charge in [0.05, 0.1) is 5.69 Å². The Balaban J connectivity index is 1.37. The normalized spacial score (nSPS) is 17.1. The van der Waals surface area contributed by atoms with Gasteiger partial charge < -0.3 is 15.0 Å². The number of rotatable bonds is 5. The quantitative estimate of drug-likeness (QED) is 0.705. The number of hydrogen-bond donors (Lipinski definition) is 1. The van der Waals surface area contributed by atoms with E-state index in [2.05, 4.69) is 11.2 Å². The van der Waals surface area contributed by atoms with E-state index < -0.39 is 0 Å². The van der Waals surface area contributed by atoms with Crippen LogP contribution in [0, 0.1) is 5.92 Å². The van der Waals surface area contributed by atoms with E-state index in [1.807, 2.05) is 58.0 Å². The molecule has 26 heavy (non-hydrogen) atoms. The number of nitrogens with zero attached hydrogens (tertiary/aromatic N) is 3. The van der Waals surface area contributed by atoms with Crippen LogP contribution in [0.15, 0.2) is 59.8 Å². The van der Waals surface area contributed by atoms with Crippen molar-refractivity contribution in [1.29, 1.82) is 0 Å². The maximum absolute atomic E-state index is 12.6. The monoisotopic (exact) mass is 366 g/mol. The van der Waals surface area contributed by atoms with Crippen LogP contribution in [-0.4, -0.2) is 39.8 Å². The number of aromatic nitrogens is 2. The summed E-state index contributed by atoms with van der Waals surface area (Å²) in [6.45, 7) is 2.24. The predicted octanol–water partition coefficient (Wildman–Crippen LogP) is 3.05. The number of imidazole rings is 1. The molecular formula is C20H22N4OS. The predicted molar refractivity (Wildman–Crippen MR) is 104 cm³/mol. The summed E-state index contributed by atoms with van der Waals surface area (Å²) in [5, 5.41) is 0. The number of amides is 1. The van der Waals surface area contributed by atoms with Gasteiger partial charge in [-0.25, -0.2) is 4.98 Å². The number of pyridine rings is 1. The van der Waals surface area contributed by atoms with E-state index in [4.69, 9.17) is 5.73 Å². The highest BCUT2D eigenvalue weighted by Gasteiger charge is 2.25. The second-order valence-corrected chi connectivity index (χ2v) is 7.70. The number of hydrogen-bond acceptors (Lipinski definition) is 4. The summed E-state index contributed by atoms with van der Waals surface area (Å²) in [5.74, 6) is 1.36. The van der Waals surface area contributed by atoms with E-state index in [1.165, 1.54) is 0 Å². The maximum Gasteiger partial charge on any atom is 0.253 e. The van der Waals surface area contributed by atoms with Crippen LogP contribution in [0.5, 0.6) is 0 Å². The highest BCUT2D eigenvalue weighted by Crippen LogP contribution is 2.24. The molecule has 0 saturated carbocycles. The lowest BCUT2D eigenvalue weighted by Crippen LogP contribution is -2.29. The van der Waals surface area contributed by atoms with E-state index in [-0.39, 0.29) is 5.91 Å². The number of carbonyl (C=O) groups excluding carboxylic acids is 1. The smallest absolute Gasteiger partial charge is 0.253 e. The molecule has 3 aromatic rings. The standard InChI is InChI=1S/C20H22N4OS/c21-11-15-8-10-24(12-15)20(25)16-4-6-18(7-5-16)26-14-17-13-23-9-2-1-3-19(23)22-17/h1-7,9,13,15H,8,10-12,14,21H2. The van der Waals surface area contributed by atoms with E-state index >= 15 is 0 Å². The van der Waals surface area contributed by atoms with Crippen LogP contribution in [-0.2, 0) is 5.75 Å². The summed E-state index contributed by atoms with van der Waals surface area (Å²) in [5.41, 5.74) is 8.47. The lowest BCUT2D eigenvalue weighted by molar-refractivity contribution is 0.0787. The summed E-state index contributed by atoms with van der Waals surface area (Å²) in [4.78, 5) is 20.2. The van der Waals surface area contributed by atoms with Crippen LogP contribution in [0.3, 0.4) is 0 Å². The summed E-state index contributed by atoms with van der Waals surface area (Å²) in [7, 11) is 0. The summed E-state index contributed by atoms with van der Waals surface area (Å²) < 4.78 is 2.03. The fourth-order valence-electron chi connectivity index (χ4n) is 3.30. The summed E-state index contributed by atoms with van der Waals surface area (Å²) in [6.07, 6.45) is 5.07. The maximum atomic E-state index is 12.6. The van der Waals surface area contributed by atoms with E-state index in [0.29, 0.717) is 12.5 Å². The van der Waals surface area contributed by atoms with Crippen LogP contribution in [0.25, 0.3) is 5.65 Å². The van der Waals surface area contributed by atoms with Gasteiger partial charge in [0.25, 0.3) is 5.91 Å². The van der Waals surface area contributed by atoms with Crippen molar-refractivity contribution in [1.82, 2.24) is 14.3 Å². The minimum atomic E-state index is 0.109. The molecule has 2 aromatic heterocycles. The van der Waals surface area contributed by atoms with Gasteiger partial charge in [0, 0.05) is 41.7 Å². The van der Waals surface area contributed by atoms with E-state index in [0.717, 1.165) is 47.1 Å². The first-order chi connectivity index (χ1) is 12.7. The molecule has 1 aliphatic rings. The van der Waals surface area contributed by atoms with Crippen molar-refractivity contribution in [3.63, 3.8) is 0 Å². The van der Waals surface area contributed by atoms with Crippen LogP contribution in [0.1, 0.15) is 22.5 Å². The van der Waals surface area contributed by atoms with Gasteiger partial charge in [-0.15, -0.1) is 11.8 Å². The van der Waals surface area contributed by atoms with E-state index in [9.17, 15) is 4.79 Å². The largest absolute Gasteiger partial charge is 0.338 e. The Labute approximate surface area is 157 Å². The zero-order valence-electron chi connectivity index (χ0n) is 14.5. The van der Waals surface area contributed by atoms with Crippen LogP contribution < -0.4 is 5.73 Å². The Bertz CT molecular complexity index is 873. The fourth-order valence-corrected chi connectivity index (χ4v) is 4.08. The van der Waals surface area contributed by atoms with Gasteiger partial charge in [-0.05, 0) is 55.3 Å². The first-order valence-corrected chi connectivity index (χ1v) is 9.86. The molecule has 4 rings (SSSR count). The molecule has 134 valence electrons. The molecule has 0 aliphatic carbocycles. The Morgan fingerprint density at radius 2 is 2.08 bits per heavy atom. The van der Waals surface area contributed by atoms with Crippen molar-refractivity contribution >= 4 is 23.3 Å². The van der Waals surface area contributed by atoms with Gasteiger partial charge in [0.2, 0.25) is 0 Å². The number of carbonyl (C=O) groups is 1. The number of fused-ring (bicyclic) bond motifs is 1. The number of benzene rings is 1. The van der Waals surface area contributed by atoms with Crippen LogP contribution in [0.4, 0.5) is 0 Å². The number of likely N-dealkylation sites (tertiary alicyclic amines) is 1. The summed E-state index contributed by atoms with van der Waals surface area (Å²) in [6, 6.07) is 13.9. The molecule has 0 radical (unpaired) electrons. The van der Waals surface area contributed by atoms with Gasteiger partial charge in [0.1, 0.15) is 5.65 Å². The average molecular weight is 366 g/mol. The van der Waals surface area contributed by atoms with Gasteiger partial charge in [-0.1, -0.05) is 6.07 Å². The molecule has 2 N–H and O–H groups in total. The Kier molecular flexibility index (Phi) is 4.95. The average Bonchev–Trinajstić information content (AvgIpc) is 3.32. The van der Waals surface area contributed by atoms with Crippen molar-refractivity contribution < 1.29 is 4.79 Å². The van der Waals surface area contributed by atoms with Gasteiger partial charge in [-0.3, -0.25) is 4.79 Å². The first kappa shape index (κ1) is 17.1. The molecule has 0 spiro atoms. The van der Waals surface area contributed by atoms with Crippen molar-refractivity contribution in [3.8, 4) is 0 Å². The molecule has 1 fully saturated rings. The molecular weight excluding hydrogens is 344 g/mol. The van der Waals surface area contributed by atoms with E-state index in [1.54, 1.807) is 11.8 Å². The minimum absolute atomic E-state index is 0.109. The minimum Gasteiger partial charge on any atom is -0.338 e. The molecule has 5 nitrogen and oxygen atoms in total. The lowest BCUT2D eigenvalue weighted by Gasteiger charge is -2.16. The third-order valence-electron chi connectivity index (χ3n) is 4.81. The SMILES string of the molecule is NCC1CCN(C(=O)c2ccc(SCc3cn4ccccc4n3)cc2)C1. The fraction of sp³-hybridized carbons (Fsp3) is 0.300. The number of nitrogens with two attached hydrogens (primary N) is 1. The molecule has 6 heteroatoms. The van der Waals surface area contributed by atoms with Gasteiger partial charge in [0.15, 0.2) is 0 Å². The third-order valence-corrected chi connectivity index (χ3v) is 5.85. The second kappa shape index (κ2) is 7.51. The number of thioether (sulfide) groups is 1. The Morgan fingerprint density at radius 3 is 2.81 bits per heavy atom. The molecule has 3 heterocycles. The highest BCUT2D eigenvalue weighted by atomic mass is 32.2. The van der Waals surface area contributed by atoms with Gasteiger partial charge in [-0.2, -0.15) is 0 Å². The lowest BCUT2D eigenvalue weighted by atomic mass is 10.1. The third kappa shape index (κ3) is 3.61. The molecule has 1 amide bonds. The zero-order chi connectivity index (χ0) is 17.9. The topological polar surface area (TPSA) is 63.6 Å². The van der Waals surface area contributed by atoms with Crippen molar-refractivity contribution in [2.24, 2.45) is 11.7 Å². The Hall–Kier alpha value is -2.31. The van der Waals surface area contributed by atoms with Crippen molar-refractivity contribution in [2.45, 2.75) is 17.1 Å². The first-order valence-electron chi connectivity index (χ1n) is 8.88. The zero-order valence-corrected chi connectivity index (χ0v) is 15.4. The van der Waals surface area contributed by atoms with Crippen LogP contribution in [0.2, 0.25) is 0 Å². The summed E-state index contributed by atoms with van der Waals surface area (Å²) >= 11 is 1.73. The molecule has 0 bridgehead atoms. The molecule has 1 atom stereocenters. The molecule has 1 unspecified atom stereocenters. The van der Waals surface area contributed by atoms with Crippen molar-refractivity contribution in [3.05, 3.63) is 66.1 Å². The van der Waals surface area contributed by atoms with Gasteiger partial charge >= 0.3 is 0 Å². The van der Waals surface area contributed by atoms with Crippen molar-refractivity contribution in [2.75, 3.05) is 19.6 Å². The molecule has 1 aromatic carbocycles. The Morgan fingerprint density at radius 1 is 1.23 bits per heavy atom. The van der Waals surface area contributed by atoms with Crippen LogP contribution >= 0.6 is 11.8 Å². The molecule has 1 aliphatic heterocycles. The highest BCUT2D eigenvalue weighted by molar-refractivity contribution is 7.98.